The zero-order valence-corrected chi connectivity index (χ0v) is 22.1. The van der Waals surface area contributed by atoms with Gasteiger partial charge >= 0.3 is 0 Å². The van der Waals surface area contributed by atoms with Crippen molar-refractivity contribution in [2.45, 2.75) is 39.5 Å². The highest BCUT2D eigenvalue weighted by Crippen LogP contribution is 2.34. The molecule has 3 aromatic rings. The van der Waals surface area contributed by atoms with Crippen molar-refractivity contribution in [3.63, 3.8) is 0 Å². The van der Waals surface area contributed by atoms with Gasteiger partial charge in [-0.1, -0.05) is 31.5 Å². The Kier molecular flexibility index (Phi) is 8.38. The third kappa shape index (κ3) is 5.90. The number of aromatic nitrogens is 2. The van der Waals surface area contributed by atoms with E-state index in [0.717, 1.165) is 68.4 Å². The minimum atomic E-state index is 0.178. The van der Waals surface area contributed by atoms with Crippen LogP contribution in [0.1, 0.15) is 37.3 Å². The Hall–Kier alpha value is -3.94. The third-order valence-corrected chi connectivity index (χ3v) is 7.03. The zero-order chi connectivity index (χ0) is 26.4. The number of nitrogens with one attached hydrogen (secondary N) is 1. The molecule has 1 aliphatic rings. The predicted molar refractivity (Wildman–Crippen MR) is 150 cm³/mol. The topological polar surface area (TPSA) is 81.7 Å². The second kappa shape index (κ2) is 11.9. The average molecular weight is 501 g/mol. The molecule has 0 radical (unpaired) electrons. The molecule has 0 bridgehead atoms. The fourth-order valence-electron chi connectivity index (χ4n) is 4.82. The molecule has 194 valence electrons. The molecule has 0 aliphatic carbocycles. The molecule has 8 nitrogen and oxygen atoms in total. The van der Waals surface area contributed by atoms with Crippen LogP contribution in [0.25, 0.3) is 0 Å². The number of hydrogen-bond donors (Lipinski definition) is 1. The van der Waals surface area contributed by atoms with Crippen LogP contribution < -0.4 is 20.0 Å². The highest BCUT2D eigenvalue weighted by molar-refractivity contribution is 5.84. The summed E-state index contributed by atoms with van der Waals surface area (Å²) in [6, 6.07) is 14.5. The summed E-state index contributed by atoms with van der Waals surface area (Å²) in [7, 11) is 3.64. The maximum absolute atomic E-state index is 11.6. The van der Waals surface area contributed by atoms with E-state index < -0.39 is 0 Å². The van der Waals surface area contributed by atoms with Crippen LogP contribution in [0, 0.1) is 12.8 Å². The molecule has 1 fully saturated rings. The summed E-state index contributed by atoms with van der Waals surface area (Å²) in [6.07, 6.45) is 7.27. The van der Waals surface area contributed by atoms with Crippen LogP contribution in [0.5, 0.6) is 0 Å². The van der Waals surface area contributed by atoms with Gasteiger partial charge in [0.1, 0.15) is 12.0 Å². The lowest BCUT2D eigenvalue weighted by Crippen LogP contribution is -2.34. The Balaban J connectivity index is 1.64. The summed E-state index contributed by atoms with van der Waals surface area (Å²) < 4.78 is 0. The molecule has 1 saturated heterocycles. The molecule has 0 spiro atoms. The van der Waals surface area contributed by atoms with Crippen LogP contribution in [0.2, 0.25) is 0 Å². The quantitative estimate of drug-likeness (QED) is 0.381. The SMILES string of the molecule is CCCc1cc(N2CCC(C=O)CC2)ccc1Nc1ncc(N(C)C=O)c(N(C)c2ccccc2C)n1. The molecule has 0 saturated carbocycles. The van der Waals surface area contributed by atoms with Crippen molar-refractivity contribution < 1.29 is 9.59 Å². The van der Waals surface area contributed by atoms with Gasteiger partial charge in [0.2, 0.25) is 12.4 Å². The van der Waals surface area contributed by atoms with E-state index in [9.17, 15) is 9.59 Å². The van der Waals surface area contributed by atoms with Gasteiger partial charge in [0.25, 0.3) is 0 Å². The molecule has 4 rings (SSSR count). The average Bonchev–Trinajstić information content (AvgIpc) is 2.93. The normalized spacial score (nSPS) is 13.8. The molecular formula is C29H36N6O2. The molecule has 1 aliphatic heterocycles. The van der Waals surface area contributed by atoms with Gasteiger partial charge in [-0.2, -0.15) is 4.98 Å². The second-order valence-corrected chi connectivity index (χ2v) is 9.64. The lowest BCUT2D eigenvalue weighted by molar-refractivity contribution is -0.111. The van der Waals surface area contributed by atoms with Crippen molar-refractivity contribution in [3.05, 3.63) is 59.8 Å². The summed E-state index contributed by atoms with van der Waals surface area (Å²) in [5.74, 6) is 1.28. The molecule has 37 heavy (non-hydrogen) atoms. The number of anilines is 6. The Labute approximate surface area is 219 Å². The molecule has 1 amide bonds. The van der Waals surface area contributed by atoms with Crippen molar-refractivity contribution >= 4 is 47.2 Å². The molecule has 1 N–H and O–H groups in total. The fraction of sp³-hybridized carbons (Fsp3) is 0.379. The summed E-state index contributed by atoms with van der Waals surface area (Å²) in [4.78, 5) is 37.9. The zero-order valence-electron chi connectivity index (χ0n) is 22.1. The van der Waals surface area contributed by atoms with Crippen molar-refractivity contribution in [1.82, 2.24) is 9.97 Å². The molecule has 0 atom stereocenters. The van der Waals surface area contributed by atoms with E-state index in [0.29, 0.717) is 17.5 Å². The number of carbonyl (C=O) groups excluding carboxylic acids is 2. The number of piperidine rings is 1. The first-order valence-corrected chi connectivity index (χ1v) is 12.9. The molecule has 0 unspecified atom stereocenters. The highest BCUT2D eigenvalue weighted by Gasteiger charge is 2.21. The van der Waals surface area contributed by atoms with E-state index in [-0.39, 0.29) is 5.92 Å². The fourth-order valence-corrected chi connectivity index (χ4v) is 4.82. The van der Waals surface area contributed by atoms with E-state index >= 15 is 0 Å². The number of hydrogen-bond acceptors (Lipinski definition) is 7. The Morgan fingerprint density at radius 3 is 2.51 bits per heavy atom. The molecule has 1 aromatic heterocycles. The number of amides is 1. The number of aryl methyl sites for hydroxylation is 2. The minimum absolute atomic E-state index is 0.178. The van der Waals surface area contributed by atoms with E-state index in [4.69, 9.17) is 4.98 Å². The van der Waals surface area contributed by atoms with Crippen molar-refractivity contribution in [1.29, 1.82) is 0 Å². The largest absolute Gasteiger partial charge is 0.371 e. The van der Waals surface area contributed by atoms with Gasteiger partial charge in [0.05, 0.1) is 6.20 Å². The molecule has 8 heteroatoms. The lowest BCUT2D eigenvalue weighted by Gasteiger charge is -2.32. The summed E-state index contributed by atoms with van der Waals surface area (Å²) >= 11 is 0. The van der Waals surface area contributed by atoms with Crippen LogP contribution in [-0.2, 0) is 16.0 Å². The first-order chi connectivity index (χ1) is 17.9. The van der Waals surface area contributed by atoms with E-state index in [1.54, 1.807) is 13.2 Å². The van der Waals surface area contributed by atoms with Gasteiger partial charge in [-0.05, 0) is 61.6 Å². The molecule has 2 aromatic carbocycles. The van der Waals surface area contributed by atoms with Crippen molar-refractivity contribution in [2.75, 3.05) is 47.2 Å². The number of para-hydroxylation sites is 1. The van der Waals surface area contributed by atoms with Crippen LogP contribution in [0.15, 0.2) is 48.7 Å². The van der Waals surface area contributed by atoms with E-state index in [2.05, 4.69) is 53.3 Å². The number of carbonyl (C=O) groups is 2. The first kappa shape index (κ1) is 26.1. The summed E-state index contributed by atoms with van der Waals surface area (Å²) in [5.41, 5.74) is 6.08. The third-order valence-electron chi connectivity index (χ3n) is 7.03. The lowest BCUT2D eigenvalue weighted by atomic mass is 9.97. The number of nitrogens with zero attached hydrogens (tertiary/aromatic N) is 5. The first-order valence-electron chi connectivity index (χ1n) is 12.9. The van der Waals surface area contributed by atoms with E-state index in [1.807, 2.05) is 30.1 Å². The standard InChI is InChI=1S/C29H36N6O2/c1-5-8-23-17-24(35-15-13-22(19-36)14-16-35)11-12-25(23)31-29-30-18-27(33(3)20-37)28(32-29)34(4)26-10-7-6-9-21(26)2/h6-7,9-12,17-20,22H,5,8,13-16H2,1-4H3,(H,30,31,32). The van der Waals surface area contributed by atoms with Crippen LogP contribution >= 0.6 is 0 Å². The van der Waals surface area contributed by atoms with Gasteiger partial charge in [0.15, 0.2) is 5.82 Å². The predicted octanol–water partition coefficient (Wildman–Crippen LogP) is 5.26. The maximum atomic E-state index is 11.6. The maximum Gasteiger partial charge on any atom is 0.229 e. The van der Waals surface area contributed by atoms with Gasteiger partial charge in [-0.3, -0.25) is 4.79 Å². The Bertz CT molecular complexity index is 1240. The van der Waals surface area contributed by atoms with E-state index in [1.165, 1.54) is 16.2 Å². The number of aldehydes is 1. The van der Waals surface area contributed by atoms with Gasteiger partial charge in [-0.25, -0.2) is 4.98 Å². The van der Waals surface area contributed by atoms with Crippen LogP contribution in [-0.4, -0.2) is 49.8 Å². The van der Waals surface area contributed by atoms with Crippen LogP contribution in [0.3, 0.4) is 0 Å². The Morgan fingerprint density at radius 2 is 1.84 bits per heavy atom. The summed E-state index contributed by atoms with van der Waals surface area (Å²) in [5, 5.41) is 3.43. The molecule has 2 heterocycles. The van der Waals surface area contributed by atoms with Crippen molar-refractivity contribution in [3.8, 4) is 0 Å². The number of benzene rings is 2. The number of rotatable bonds is 10. The minimum Gasteiger partial charge on any atom is -0.371 e. The van der Waals surface area contributed by atoms with Crippen molar-refractivity contribution in [2.24, 2.45) is 5.92 Å². The van der Waals surface area contributed by atoms with Gasteiger partial charge < -0.3 is 24.8 Å². The van der Waals surface area contributed by atoms with Gasteiger partial charge in [0, 0.05) is 50.2 Å². The van der Waals surface area contributed by atoms with Gasteiger partial charge in [-0.15, -0.1) is 0 Å². The molecular weight excluding hydrogens is 464 g/mol. The second-order valence-electron chi connectivity index (χ2n) is 9.64. The monoisotopic (exact) mass is 500 g/mol. The highest BCUT2D eigenvalue weighted by atomic mass is 16.1. The smallest absolute Gasteiger partial charge is 0.229 e. The summed E-state index contributed by atoms with van der Waals surface area (Å²) in [6.45, 7) is 6.01. The van der Waals surface area contributed by atoms with Crippen LogP contribution in [0.4, 0.5) is 34.5 Å². The Morgan fingerprint density at radius 1 is 1.08 bits per heavy atom.